The Morgan fingerprint density at radius 2 is 1.97 bits per heavy atom. The van der Waals surface area contributed by atoms with Crippen molar-refractivity contribution < 1.29 is 14.3 Å². The second-order valence-electron chi connectivity index (χ2n) is 7.01. The molecule has 0 unspecified atom stereocenters. The molecule has 0 spiro atoms. The molecule has 32 heavy (non-hydrogen) atoms. The molecule has 7 nitrogen and oxygen atoms in total. The van der Waals surface area contributed by atoms with Crippen LogP contribution in [0.2, 0.25) is 5.02 Å². The fraction of sp³-hybridized carbons (Fsp3) is 0.208. The zero-order valence-electron chi connectivity index (χ0n) is 18.1. The molecule has 8 heteroatoms. The van der Waals surface area contributed by atoms with Gasteiger partial charge in [-0.15, -0.1) is 0 Å². The van der Waals surface area contributed by atoms with Crippen molar-refractivity contribution in [1.29, 1.82) is 0 Å². The van der Waals surface area contributed by atoms with Gasteiger partial charge in [0, 0.05) is 6.20 Å². The van der Waals surface area contributed by atoms with Gasteiger partial charge in [0.1, 0.15) is 5.56 Å². The average Bonchev–Trinajstić information content (AvgIpc) is 2.77. The Kier molecular flexibility index (Phi) is 7.68. The predicted octanol–water partition coefficient (Wildman–Crippen LogP) is 4.03. The van der Waals surface area contributed by atoms with Gasteiger partial charge in [0.25, 0.3) is 11.5 Å². The third kappa shape index (κ3) is 5.56. The standard InChI is InChI=1S/C24H24ClN3O4/c1-4-32-21-13-18(12-20(25)22(21)31-3)14-26-27-23(29)19-6-5-11-28(24(19)30)15-17-9-7-16(2)8-10-17/h5-14H,4,15H2,1-3H3,(H,27,29)/b26-14-. The Balaban J connectivity index is 1.74. The van der Waals surface area contributed by atoms with E-state index in [1.807, 2.05) is 38.1 Å². The lowest BCUT2D eigenvalue weighted by molar-refractivity contribution is 0.0953. The first kappa shape index (κ1) is 23.1. The summed E-state index contributed by atoms with van der Waals surface area (Å²) in [6.45, 7) is 4.65. The summed E-state index contributed by atoms with van der Waals surface area (Å²) in [7, 11) is 1.50. The molecule has 1 aromatic heterocycles. The summed E-state index contributed by atoms with van der Waals surface area (Å²) in [4.78, 5) is 25.3. The summed E-state index contributed by atoms with van der Waals surface area (Å²) in [6, 6.07) is 14.3. The number of carbonyl (C=O) groups excluding carboxylic acids is 1. The number of amides is 1. The molecule has 0 saturated heterocycles. The summed E-state index contributed by atoms with van der Waals surface area (Å²) in [5.74, 6) is 0.291. The van der Waals surface area contributed by atoms with Crippen LogP contribution in [0.4, 0.5) is 0 Å². The molecule has 0 aliphatic carbocycles. The van der Waals surface area contributed by atoms with Gasteiger partial charge in [-0.05, 0) is 49.2 Å². The van der Waals surface area contributed by atoms with Crippen LogP contribution >= 0.6 is 11.6 Å². The number of hydrogen-bond acceptors (Lipinski definition) is 5. The number of ether oxygens (including phenoxy) is 2. The lowest BCUT2D eigenvalue weighted by Crippen LogP contribution is -2.30. The molecule has 3 rings (SSSR count). The molecule has 0 aliphatic heterocycles. The van der Waals surface area contributed by atoms with Crippen LogP contribution in [-0.2, 0) is 6.54 Å². The fourth-order valence-corrected chi connectivity index (χ4v) is 3.37. The normalized spacial score (nSPS) is 10.9. The highest BCUT2D eigenvalue weighted by Gasteiger charge is 2.13. The van der Waals surface area contributed by atoms with Crippen molar-refractivity contribution in [2.75, 3.05) is 13.7 Å². The van der Waals surface area contributed by atoms with Crippen molar-refractivity contribution in [3.63, 3.8) is 0 Å². The number of rotatable bonds is 8. The van der Waals surface area contributed by atoms with E-state index in [0.29, 0.717) is 35.2 Å². The monoisotopic (exact) mass is 453 g/mol. The Labute approximate surface area is 191 Å². The van der Waals surface area contributed by atoms with Gasteiger partial charge in [-0.2, -0.15) is 5.10 Å². The Hall–Kier alpha value is -3.58. The van der Waals surface area contributed by atoms with E-state index in [-0.39, 0.29) is 5.56 Å². The molecule has 0 saturated carbocycles. The summed E-state index contributed by atoms with van der Waals surface area (Å²) >= 11 is 6.22. The van der Waals surface area contributed by atoms with Crippen LogP contribution in [0.25, 0.3) is 0 Å². The van der Waals surface area contributed by atoms with Crippen LogP contribution in [0.5, 0.6) is 11.5 Å². The molecule has 0 atom stereocenters. The van der Waals surface area contributed by atoms with Gasteiger partial charge >= 0.3 is 0 Å². The number of methoxy groups -OCH3 is 1. The second kappa shape index (κ2) is 10.6. The molecule has 0 aliphatic rings. The molecule has 1 heterocycles. The van der Waals surface area contributed by atoms with Crippen LogP contribution < -0.4 is 20.5 Å². The van der Waals surface area contributed by atoms with E-state index in [1.54, 1.807) is 24.4 Å². The Bertz CT molecular complexity index is 1190. The lowest BCUT2D eigenvalue weighted by atomic mass is 10.1. The van der Waals surface area contributed by atoms with Crippen LogP contribution in [-0.4, -0.2) is 30.4 Å². The van der Waals surface area contributed by atoms with Crippen molar-refractivity contribution in [2.45, 2.75) is 20.4 Å². The minimum absolute atomic E-state index is 0.000435. The highest BCUT2D eigenvalue weighted by molar-refractivity contribution is 6.32. The number of aryl methyl sites for hydroxylation is 1. The minimum Gasteiger partial charge on any atom is -0.491 e. The van der Waals surface area contributed by atoms with E-state index in [9.17, 15) is 9.59 Å². The van der Waals surface area contributed by atoms with E-state index in [1.165, 1.54) is 24.0 Å². The quantitative estimate of drug-likeness (QED) is 0.412. The highest BCUT2D eigenvalue weighted by Crippen LogP contribution is 2.35. The number of hydrogen-bond donors (Lipinski definition) is 1. The maximum absolute atomic E-state index is 12.7. The van der Waals surface area contributed by atoms with Gasteiger partial charge in [0.15, 0.2) is 11.5 Å². The second-order valence-corrected chi connectivity index (χ2v) is 7.41. The molecule has 1 N–H and O–H groups in total. The zero-order valence-corrected chi connectivity index (χ0v) is 18.8. The molecular formula is C24H24ClN3O4. The number of nitrogens with one attached hydrogen (secondary N) is 1. The van der Waals surface area contributed by atoms with E-state index < -0.39 is 11.5 Å². The van der Waals surface area contributed by atoms with Crippen molar-refractivity contribution >= 4 is 23.7 Å². The summed E-state index contributed by atoms with van der Waals surface area (Å²) < 4.78 is 12.3. The number of carbonyl (C=O) groups is 1. The first-order valence-corrected chi connectivity index (χ1v) is 10.4. The number of benzene rings is 2. The molecule has 3 aromatic rings. The molecule has 0 radical (unpaired) electrons. The van der Waals surface area contributed by atoms with Gasteiger partial charge < -0.3 is 14.0 Å². The summed E-state index contributed by atoms with van der Waals surface area (Å²) in [6.07, 6.45) is 3.07. The highest BCUT2D eigenvalue weighted by atomic mass is 35.5. The molecule has 0 bridgehead atoms. The first-order chi connectivity index (χ1) is 15.4. The smallest absolute Gasteiger partial charge is 0.276 e. The SMILES string of the molecule is CCOc1cc(/C=N\NC(=O)c2cccn(Cc3ccc(C)cc3)c2=O)cc(Cl)c1OC. The van der Waals surface area contributed by atoms with Crippen molar-refractivity contribution in [3.05, 3.63) is 92.4 Å². The van der Waals surface area contributed by atoms with Crippen molar-refractivity contribution in [2.24, 2.45) is 5.10 Å². The Morgan fingerprint density at radius 1 is 1.22 bits per heavy atom. The van der Waals surface area contributed by atoms with Gasteiger partial charge in [-0.25, -0.2) is 5.43 Å². The number of halogens is 1. The van der Waals surface area contributed by atoms with Crippen LogP contribution in [0.1, 0.15) is 34.0 Å². The Morgan fingerprint density at radius 3 is 2.66 bits per heavy atom. The lowest BCUT2D eigenvalue weighted by Gasteiger charge is -2.11. The molecule has 166 valence electrons. The first-order valence-electron chi connectivity index (χ1n) is 10.0. The molecular weight excluding hydrogens is 430 g/mol. The van der Waals surface area contributed by atoms with Gasteiger partial charge in [-0.3, -0.25) is 9.59 Å². The zero-order chi connectivity index (χ0) is 23.1. The van der Waals surface area contributed by atoms with Crippen LogP contribution in [0.15, 0.2) is 64.6 Å². The van der Waals surface area contributed by atoms with E-state index in [0.717, 1.165) is 11.1 Å². The van der Waals surface area contributed by atoms with Gasteiger partial charge in [0.05, 0.1) is 31.5 Å². The molecule has 0 fully saturated rings. The number of pyridine rings is 1. The van der Waals surface area contributed by atoms with E-state index in [4.69, 9.17) is 21.1 Å². The van der Waals surface area contributed by atoms with Crippen LogP contribution in [0, 0.1) is 6.92 Å². The van der Waals surface area contributed by atoms with Gasteiger partial charge in [-0.1, -0.05) is 41.4 Å². The van der Waals surface area contributed by atoms with Crippen molar-refractivity contribution in [3.8, 4) is 11.5 Å². The topological polar surface area (TPSA) is 81.9 Å². The van der Waals surface area contributed by atoms with E-state index >= 15 is 0 Å². The maximum Gasteiger partial charge on any atom is 0.276 e. The minimum atomic E-state index is -0.603. The largest absolute Gasteiger partial charge is 0.491 e. The summed E-state index contributed by atoms with van der Waals surface area (Å²) in [5.41, 5.74) is 4.70. The number of nitrogens with zero attached hydrogens (tertiary/aromatic N) is 2. The fourth-order valence-electron chi connectivity index (χ4n) is 3.07. The average molecular weight is 454 g/mol. The number of aromatic nitrogens is 1. The molecule has 1 amide bonds. The molecule has 2 aromatic carbocycles. The summed E-state index contributed by atoms with van der Waals surface area (Å²) in [5, 5.41) is 4.31. The van der Waals surface area contributed by atoms with Crippen LogP contribution in [0.3, 0.4) is 0 Å². The van der Waals surface area contributed by atoms with Crippen molar-refractivity contribution in [1.82, 2.24) is 9.99 Å². The van der Waals surface area contributed by atoms with E-state index in [2.05, 4.69) is 10.5 Å². The van der Waals surface area contributed by atoms with Gasteiger partial charge in [0.2, 0.25) is 0 Å². The number of hydrazone groups is 1. The predicted molar refractivity (Wildman–Crippen MR) is 125 cm³/mol. The third-order valence-electron chi connectivity index (χ3n) is 4.65. The maximum atomic E-state index is 12.7. The third-order valence-corrected chi connectivity index (χ3v) is 4.93.